The zero-order chi connectivity index (χ0) is 14.5. The lowest BCUT2D eigenvalue weighted by atomic mass is 10.2. The lowest BCUT2D eigenvalue weighted by Crippen LogP contribution is -2.24. The highest BCUT2D eigenvalue weighted by molar-refractivity contribution is 7.15. The minimum Gasteiger partial charge on any atom is -0.348 e. The Kier molecular flexibility index (Phi) is 5.85. The maximum Gasteiger partial charge on any atom is 0.185 e. The summed E-state index contributed by atoms with van der Waals surface area (Å²) < 4.78 is 0. The number of thiazole rings is 1. The minimum absolute atomic E-state index is 0.537. The van der Waals surface area contributed by atoms with Gasteiger partial charge in [0.1, 0.15) is 0 Å². The number of aromatic nitrogens is 1. The molecule has 0 aliphatic heterocycles. The first-order chi connectivity index (χ1) is 9.65. The topological polar surface area (TPSA) is 28.2 Å². The van der Waals surface area contributed by atoms with Crippen molar-refractivity contribution in [2.24, 2.45) is 0 Å². The highest BCUT2D eigenvalue weighted by Gasteiger charge is 2.30. The fourth-order valence-electron chi connectivity index (χ4n) is 2.43. The van der Waals surface area contributed by atoms with E-state index in [9.17, 15) is 0 Å². The van der Waals surface area contributed by atoms with E-state index in [0.29, 0.717) is 6.04 Å². The van der Waals surface area contributed by atoms with Crippen LogP contribution in [0.5, 0.6) is 0 Å². The summed E-state index contributed by atoms with van der Waals surface area (Å²) in [6, 6.07) is 0.537. The first-order valence-electron chi connectivity index (χ1n) is 8.13. The van der Waals surface area contributed by atoms with E-state index in [2.05, 4.69) is 37.9 Å². The number of anilines is 1. The molecule has 114 valence electrons. The molecule has 1 aliphatic carbocycles. The first-order valence-corrected chi connectivity index (χ1v) is 8.95. The molecule has 0 radical (unpaired) electrons. The Bertz CT molecular complexity index is 404. The van der Waals surface area contributed by atoms with Crippen molar-refractivity contribution in [1.29, 1.82) is 0 Å². The summed E-state index contributed by atoms with van der Waals surface area (Å²) in [5.41, 5.74) is 1.38. The highest BCUT2D eigenvalue weighted by Crippen LogP contribution is 2.44. The highest BCUT2D eigenvalue weighted by atomic mass is 32.1. The van der Waals surface area contributed by atoms with Gasteiger partial charge in [0.15, 0.2) is 5.13 Å². The number of nitrogens with one attached hydrogen (secondary N) is 1. The van der Waals surface area contributed by atoms with Gasteiger partial charge in [0.05, 0.1) is 5.69 Å². The van der Waals surface area contributed by atoms with Crippen molar-refractivity contribution in [2.45, 2.75) is 71.9 Å². The van der Waals surface area contributed by atoms with Crippen LogP contribution in [-0.2, 0) is 6.54 Å². The van der Waals surface area contributed by atoms with E-state index >= 15 is 0 Å². The quantitative estimate of drug-likeness (QED) is 0.742. The average Bonchev–Trinajstić information content (AvgIpc) is 3.16. The number of hydrogen-bond donors (Lipinski definition) is 1. The van der Waals surface area contributed by atoms with E-state index in [4.69, 9.17) is 4.98 Å². The Hall–Kier alpha value is -0.610. The van der Waals surface area contributed by atoms with Gasteiger partial charge in [0, 0.05) is 36.5 Å². The van der Waals surface area contributed by atoms with Crippen LogP contribution >= 0.6 is 11.3 Å². The summed E-state index contributed by atoms with van der Waals surface area (Å²) in [5, 5.41) is 4.80. The zero-order valence-electron chi connectivity index (χ0n) is 13.4. The SMILES string of the molecule is CCCN(CCC)c1nc(C2CC2)c(CNC(C)C)s1. The van der Waals surface area contributed by atoms with Crippen molar-refractivity contribution in [3.8, 4) is 0 Å². The second-order valence-electron chi connectivity index (χ2n) is 6.10. The van der Waals surface area contributed by atoms with Gasteiger partial charge in [0.25, 0.3) is 0 Å². The minimum atomic E-state index is 0.537. The van der Waals surface area contributed by atoms with Gasteiger partial charge in [0.2, 0.25) is 0 Å². The molecule has 1 fully saturated rings. The summed E-state index contributed by atoms with van der Waals surface area (Å²) in [5.74, 6) is 0.745. The molecule has 4 heteroatoms. The molecule has 2 rings (SSSR count). The molecule has 0 aromatic carbocycles. The summed E-state index contributed by atoms with van der Waals surface area (Å²) >= 11 is 1.91. The Morgan fingerprint density at radius 2 is 1.90 bits per heavy atom. The largest absolute Gasteiger partial charge is 0.348 e. The van der Waals surface area contributed by atoms with Gasteiger partial charge in [-0.2, -0.15) is 0 Å². The normalized spacial score (nSPS) is 15.1. The van der Waals surface area contributed by atoms with Gasteiger partial charge >= 0.3 is 0 Å². The van der Waals surface area contributed by atoms with Crippen LogP contribution in [0.15, 0.2) is 0 Å². The van der Waals surface area contributed by atoms with Crippen molar-refractivity contribution in [3.05, 3.63) is 10.6 Å². The summed E-state index contributed by atoms with van der Waals surface area (Å²) in [6.07, 6.45) is 5.05. The van der Waals surface area contributed by atoms with Crippen molar-refractivity contribution < 1.29 is 0 Å². The van der Waals surface area contributed by atoms with Gasteiger partial charge in [-0.3, -0.25) is 0 Å². The Morgan fingerprint density at radius 1 is 1.25 bits per heavy atom. The fourth-order valence-corrected chi connectivity index (χ4v) is 3.58. The molecule has 1 aliphatic rings. The van der Waals surface area contributed by atoms with Crippen molar-refractivity contribution in [1.82, 2.24) is 10.3 Å². The van der Waals surface area contributed by atoms with Gasteiger partial charge in [-0.1, -0.05) is 27.7 Å². The predicted molar refractivity (Wildman–Crippen MR) is 88.9 cm³/mol. The maximum absolute atomic E-state index is 4.99. The van der Waals surface area contributed by atoms with E-state index < -0.39 is 0 Å². The smallest absolute Gasteiger partial charge is 0.185 e. The van der Waals surface area contributed by atoms with E-state index in [1.54, 1.807) is 0 Å². The monoisotopic (exact) mass is 295 g/mol. The average molecular weight is 295 g/mol. The molecule has 1 aromatic rings. The predicted octanol–water partition coefficient (Wildman–Crippen LogP) is 4.14. The van der Waals surface area contributed by atoms with Crippen LogP contribution in [0.3, 0.4) is 0 Å². The van der Waals surface area contributed by atoms with Crippen LogP contribution in [0, 0.1) is 0 Å². The first kappa shape index (κ1) is 15.8. The number of rotatable bonds is 9. The van der Waals surface area contributed by atoms with Crippen LogP contribution in [0.1, 0.15) is 69.9 Å². The molecule has 0 amide bonds. The molecule has 0 atom stereocenters. The van der Waals surface area contributed by atoms with Crippen molar-refractivity contribution in [2.75, 3.05) is 18.0 Å². The second kappa shape index (κ2) is 7.41. The molecular formula is C16H29N3S. The van der Waals surface area contributed by atoms with Crippen LogP contribution in [-0.4, -0.2) is 24.1 Å². The molecule has 0 spiro atoms. The standard InChI is InChI=1S/C16H29N3S/c1-5-9-19(10-6-2)16-18-15(13-7-8-13)14(20-16)11-17-12(3)4/h12-13,17H,5-11H2,1-4H3. The summed E-state index contributed by atoms with van der Waals surface area (Å²) in [6.45, 7) is 12.1. The van der Waals surface area contributed by atoms with E-state index in [0.717, 1.165) is 25.6 Å². The lowest BCUT2D eigenvalue weighted by Gasteiger charge is -2.20. The van der Waals surface area contributed by atoms with Crippen LogP contribution < -0.4 is 10.2 Å². The molecule has 1 saturated carbocycles. The summed E-state index contributed by atoms with van der Waals surface area (Å²) in [7, 11) is 0. The van der Waals surface area contributed by atoms with Crippen LogP contribution in [0.4, 0.5) is 5.13 Å². The lowest BCUT2D eigenvalue weighted by molar-refractivity contribution is 0.590. The van der Waals surface area contributed by atoms with Gasteiger partial charge < -0.3 is 10.2 Å². The molecule has 1 heterocycles. The second-order valence-corrected chi connectivity index (χ2v) is 7.16. The van der Waals surface area contributed by atoms with Gasteiger partial charge in [-0.05, 0) is 25.7 Å². The fraction of sp³-hybridized carbons (Fsp3) is 0.812. The molecule has 1 N–H and O–H groups in total. The molecule has 1 aromatic heterocycles. The third kappa shape index (κ3) is 4.19. The Balaban J connectivity index is 2.14. The summed E-state index contributed by atoms with van der Waals surface area (Å²) in [4.78, 5) is 8.93. The molecule has 0 saturated heterocycles. The molecule has 20 heavy (non-hydrogen) atoms. The van der Waals surface area contributed by atoms with E-state index in [1.165, 1.54) is 41.4 Å². The van der Waals surface area contributed by atoms with E-state index in [1.807, 2.05) is 11.3 Å². The van der Waals surface area contributed by atoms with Crippen LogP contribution in [0.25, 0.3) is 0 Å². The Morgan fingerprint density at radius 3 is 2.40 bits per heavy atom. The molecule has 0 unspecified atom stereocenters. The van der Waals surface area contributed by atoms with Gasteiger partial charge in [-0.25, -0.2) is 4.98 Å². The van der Waals surface area contributed by atoms with Crippen molar-refractivity contribution in [3.63, 3.8) is 0 Å². The molecular weight excluding hydrogens is 266 g/mol. The van der Waals surface area contributed by atoms with Crippen LogP contribution in [0.2, 0.25) is 0 Å². The zero-order valence-corrected chi connectivity index (χ0v) is 14.2. The molecule has 0 bridgehead atoms. The third-order valence-electron chi connectivity index (χ3n) is 3.61. The van der Waals surface area contributed by atoms with Gasteiger partial charge in [-0.15, -0.1) is 11.3 Å². The maximum atomic E-state index is 4.99. The third-order valence-corrected chi connectivity index (χ3v) is 4.74. The number of nitrogens with zero attached hydrogens (tertiary/aromatic N) is 2. The molecule has 3 nitrogen and oxygen atoms in total. The number of hydrogen-bond acceptors (Lipinski definition) is 4. The van der Waals surface area contributed by atoms with E-state index in [-0.39, 0.29) is 0 Å². The van der Waals surface area contributed by atoms with Crippen molar-refractivity contribution >= 4 is 16.5 Å². The Labute approximate surface area is 127 Å².